The minimum absolute atomic E-state index is 0.00201. The molecule has 190 valence electrons. The van der Waals surface area contributed by atoms with Crippen LogP contribution in [0.5, 0.6) is 0 Å². The number of amides is 1. The Labute approximate surface area is 201 Å². The summed E-state index contributed by atoms with van der Waals surface area (Å²) in [6, 6.07) is 1.91. The Bertz CT molecular complexity index is 1480. The van der Waals surface area contributed by atoms with Crippen molar-refractivity contribution in [2.45, 2.75) is 38.6 Å². The fraction of sp³-hybridized carbons (Fsp3) is 0.391. The molecule has 0 bridgehead atoms. The van der Waals surface area contributed by atoms with Gasteiger partial charge in [0.15, 0.2) is 11.5 Å². The monoisotopic (exact) mass is 508 g/mol. The Kier molecular flexibility index (Phi) is 5.69. The van der Waals surface area contributed by atoms with Gasteiger partial charge in [0.05, 0.1) is 23.0 Å². The van der Waals surface area contributed by atoms with Crippen LogP contribution >= 0.6 is 0 Å². The zero-order valence-electron chi connectivity index (χ0n) is 19.3. The lowest BCUT2D eigenvalue weighted by molar-refractivity contribution is -0.141. The fourth-order valence-corrected chi connectivity index (χ4v) is 4.38. The SMILES string of the molecule is CC1(C)CN(C(=O)c2cc3c(cn2)c(-c2cnc4c(F)cc(F)cn24)nn3CC(F)(F)F)CCCO1. The molecular formula is C23H21F5N6O2. The van der Waals surface area contributed by atoms with E-state index in [1.54, 1.807) is 4.90 Å². The van der Waals surface area contributed by atoms with Gasteiger partial charge in [0.1, 0.15) is 23.7 Å². The normalized spacial score (nSPS) is 16.6. The summed E-state index contributed by atoms with van der Waals surface area (Å²) in [7, 11) is 0. The number of hydrogen-bond acceptors (Lipinski definition) is 5. The van der Waals surface area contributed by atoms with E-state index >= 15 is 0 Å². The molecule has 1 fully saturated rings. The third kappa shape index (κ3) is 4.50. The zero-order valence-corrected chi connectivity index (χ0v) is 19.3. The van der Waals surface area contributed by atoms with Crippen LogP contribution in [-0.4, -0.2) is 66.4 Å². The molecule has 5 heterocycles. The van der Waals surface area contributed by atoms with E-state index in [-0.39, 0.29) is 40.2 Å². The second-order valence-electron chi connectivity index (χ2n) is 9.24. The lowest BCUT2D eigenvalue weighted by Crippen LogP contribution is -2.42. The van der Waals surface area contributed by atoms with Crippen LogP contribution in [0.15, 0.2) is 30.7 Å². The van der Waals surface area contributed by atoms with Gasteiger partial charge in [-0.2, -0.15) is 18.3 Å². The van der Waals surface area contributed by atoms with Gasteiger partial charge >= 0.3 is 6.18 Å². The van der Waals surface area contributed by atoms with Gasteiger partial charge in [-0.3, -0.25) is 18.9 Å². The molecule has 36 heavy (non-hydrogen) atoms. The number of aromatic nitrogens is 5. The van der Waals surface area contributed by atoms with Crippen LogP contribution < -0.4 is 0 Å². The van der Waals surface area contributed by atoms with Gasteiger partial charge in [0.2, 0.25) is 0 Å². The first kappa shape index (κ1) is 24.1. The number of fused-ring (bicyclic) bond motifs is 2. The first-order chi connectivity index (χ1) is 16.9. The number of hydrogen-bond donors (Lipinski definition) is 0. The van der Waals surface area contributed by atoms with Crippen molar-refractivity contribution in [3.8, 4) is 11.4 Å². The average molecular weight is 508 g/mol. The van der Waals surface area contributed by atoms with Gasteiger partial charge < -0.3 is 9.64 Å². The van der Waals surface area contributed by atoms with Crippen LogP contribution in [0.3, 0.4) is 0 Å². The molecule has 13 heteroatoms. The second kappa shape index (κ2) is 8.50. The topological polar surface area (TPSA) is 77.5 Å². The lowest BCUT2D eigenvalue weighted by Gasteiger charge is -2.28. The Morgan fingerprint density at radius 3 is 2.69 bits per heavy atom. The van der Waals surface area contributed by atoms with Crippen molar-refractivity contribution in [1.29, 1.82) is 0 Å². The van der Waals surface area contributed by atoms with Gasteiger partial charge in [-0.15, -0.1) is 0 Å². The molecule has 0 aliphatic carbocycles. The van der Waals surface area contributed by atoms with Crippen LogP contribution in [0.25, 0.3) is 27.9 Å². The minimum Gasteiger partial charge on any atom is -0.374 e. The van der Waals surface area contributed by atoms with Gasteiger partial charge in [-0.05, 0) is 26.3 Å². The molecule has 5 rings (SSSR count). The number of rotatable bonds is 3. The number of carbonyl (C=O) groups excluding carboxylic acids is 1. The predicted octanol–water partition coefficient (Wildman–Crippen LogP) is 4.23. The van der Waals surface area contributed by atoms with Gasteiger partial charge in [-0.25, -0.2) is 13.8 Å². The highest BCUT2D eigenvalue weighted by Crippen LogP contribution is 2.31. The van der Waals surface area contributed by atoms with Gasteiger partial charge in [0.25, 0.3) is 5.91 Å². The van der Waals surface area contributed by atoms with Crippen molar-refractivity contribution in [2.75, 3.05) is 19.7 Å². The van der Waals surface area contributed by atoms with E-state index in [0.29, 0.717) is 30.3 Å². The molecule has 0 saturated carbocycles. The van der Waals surface area contributed by atoms with Crippen LogP contribution in [0.1, 0.15) is 30.8 Å². The van der Waals surface area contributed by atoms with Gasteiger partial charge in [0, 0.05) is 43.5 Å². The average Bonchev–Trinajstić information content (AvgIpc) is 3.29. The molecule has 1 aliphatic rings. The molecule has 0 aromatic carbocycles. The van der Waals surface area contributed by atoms with E-state index in [9.17, 15) is 26.7 Å². The molecule has 0 atom stereocenters. The first-order valence-electron chi connectivity index (χ1n) is 11.1. The number of nitrogens with zero attached hydrogens (tertiary/aromatic N) is 6. The van der Waals surface area contributed by atoms with Gasteiger partial charge in [-0.1, -0.05) is 0 Å². The van der Waals surface area contributed by atoms with E-state index < -0.39 is 35.9 Å². The van der Waals surface area contributed by atoms with Crippen LogP contribution in [0.4, 0.5) is 22.0 Å². The van der Waals surface area contributed by atoms with Crippen molar-refractivity contribution in [1.82, 2.24) is 29.0 Å². The van der Waals surface area contributed by atoms with Crippen molar-refractivity contribution in [3.63, 3.8) is 0 Å². The summed E-state index contributed by atoms with van der Waals surface area (Å²) in [5, 5.41) is 4.25. The highest BCUT2D eigenvalue weighted by Gasteiger charge is 2.32. The highest BCUT2D eigenvalue weighted by atomic mass is 19.4. The maximum Gasteiger partial charge on any atom is 0.408 e. The Balaban J connectivity index is 1.63. The summed E-state index contributed by atoms with van der Waals surface area (Å²) in [5.74, 6) is -2.28. The fourth-order valence-electron chi connectivity index (χ4n) is 4.38. The molecular weight excluding hydrogens is 487 g/mol. The third-order valence-electron chi connectivity index (χ3n) is 5.88. The van der Waals surface area contributed by atoms with Crippen molar-refractivity contribution < 1.29 is 31.5 Å². The maximum atomic E-state index is 14.2. The molecule has 4 aromatic heterocycles. The molecule has 8 nitrogen and oxygen atoms in total. The van der Waals surface area contributed by atoms with E-state index in [1.807, 2.05) is 13.8 Å². The maximum absolute atomic E-state index is 14.2. The van der Waals surface area contributed by atoms with E-state index in [2.05, 4.69) is 15.1 Å². The molecule has 0 radical (unpaired) electrons. The van der Waals surface area contributed by atoms with Crippen LogP contribution in [-0.2, 0) is 11.3 Å². The number of imidazole rings is 1. The van der Waals surface area contributed by atoms with Crippen LogP contribution in [0, 0.1) is 11.6 Å². The summed E-state index contributed by atoms with van der Waals surface area (Å²) in [6.45, 7) is 3.44. The minimum atomic E-state index is -4.62. The number of pyridine rings is 2. The summed E-state index contributed by atoms with van der Waals surface area (Å²) in [6.07, 6.45) is -0.617. The molecule has 1 saturated heterocycles. The lowest BCUT2D eigenvalue weighted by atomic mass is 10.1. The number of alkyl halides is 3. The zero-order chi connectivity index (χ0) is 25.8. The molecule has 0 unspecified atom stereocenters. The molecule has 4 aromatic rings. The summed E-state index contributed by atoms with van der Waals surface area (Å²) in [4.78, 5) is 22.9. The van der Waals surface area contributed by atoms with E-state index in [4.69, 9.17) is 4.74 Å². The Morgan fingerprint density at radius 1 is 1.17 bits per heavy atom. The standard InChI is InChI=1S/C23H21F5N6O2/c1-22(2)11-32(4-3-5-36-22)21(35)16-7-17-14(8-29-16)19(31-34(17)12-23(26,27)28)18-9-30-20-15(25)6-13(24)10-33(18)20/h6-10H,3-5,11-12H2,1-2H3. The number of carbonyl (C=O) groups is 1. The summed E-state index contributed by atoms with van der Waals surface area (Å²) >= 11 is 0. The Morgan fingerprint density at radius 2 is 1.94 bits per heavy atom. The molecule has 0 N–H and O–H groups in total. The van der Waals surface area contributed by atoms with E-state index in [1.165, 1.54) is 18.5 Å². The predicted molar refractivity (Wildman–Crippen MR) is 118 cm³/mol. The summed E-state index contributed by atoms with van der Waals surface area (Å²) in [5.41, 5.74) is -0.794. The number of halogens is 5. The molecule has 1 amide bonds. The first-order valence-corrected chi connectivity index (χ1v) is 11.1. The van der Waals surface area contributed by atoms with Crippen molar-refractivity contribution in [2.24, 2.45) is 0 Å². The second-order valence-corrected chi connectivity index (χ2v) is 9.24. The van der Waals surface area contributed by atoms with Crippen molar-refractivity contribution in [3.05, 3.63) is 48.1 Å². The largest absolute Gasteiger partial charge is 0.408 e. The van der Waals surface area contributed by atoms with Crippen molar-refractivity contribution >= 4 is 22.5 Å². The number of ether oxygens (including phenoxy) is 1. The Hall–Kier alpha value is -3.61. The smallest absolute Gasteiger partial charge is 0.374 e. The van der Waals surface area contributed by atoms with E-state index in [0.717, 1.165) is 10.6 Å². The quantitative estimate of drug-likeness (QED) is 0.387. The molecule has 1 aliphatic heterocycles. The molecule has 0 spiro atoms. The van der Waals surface area contributed by atoms with Crippen LogP contribution in [0.2, 0.25) is 0 Å². The summed E-state index contributed by atoms with van der Waals surface area (Å²) < 4.78 is 75.7. The highest BCUT2D eigenvalue weighted by molar-refractivity contribution is 5.99. The third-order valence-corrected chi connectivity index (χ3v) is 5.88.